The van der Waals surface area contributed by atoms with E-state index in [0.717, 1.165) is 38.0 Å². The van der Waals surface area contributed by atoms with Crippen LogP contribution in [0.5, 0.6) is 0 Å². The monoisotopic (exact) mass is 296 g/mol. The van der Waals surface area contributed by atoms with Gasteiger partial charge in [0.1, 0.15) is 0 Å². The molecule has 116 valence electrons. The molecule has 1 aliphatic carbocycles. The van der Waals surface area contributed by atoms with E-state index in [4.69, 9.17) is 0 Å². The third-order valence-electron chi connectivity index (χ3n) is 4.58. The molecular formula is C19H24N2O. The van der Waals surface area contributed by atoms with Gasteiger partial charge in [-0.25, -0.2) is 0 Å². The molecule has 0 spiro atoms. The molecule has 0 bridgehead atoms. The average molecular weight is 296 g/mol. The van der Waals surface area contributed by atoms with E-state index in [9.17, 15) is 4.79 Å². The van der Waals surface area contributed by atoms with Gasteiger partial charge < -0.3 is 9.80 Å². The first kappa shape index (κ1) is 14.9. The Morgan fingerprint density at radius 3 is 2.59 bits per heavy atom. The largest absolute Gasteiger partial charge is 0.368 e. The molecule has 1 aliphatic heterocycles. The Morgan fingerprint density at radius 2 is 1.95 bits per heavy atom. The smallest absolute Gasteiger partial charge is 0.250 e. The lowest BCUT2D eigenvalue weighted by molar-refractivity contribution is -0.129. The van der Waals surface area contributed by atoms with Crippen LogP contribution in [0.2, 0.25) is 0 Å². The fourth-order valence-electron chi connectivity index (χ4n) is 3.21. The number of benzene rings is 1. The van der Waals surface area contributed by atoms with E-state index >= 15 is 0 Å². The minimum absolute atomic E-state index is 0.223. The number of carbonyl (C=O) groups is 1. The summed E-state index contributed by atoms with van der Waals surface area (Å²) in [6.07, 6.45) is 7.96. The van der Waals surface area contributed by atoms with Crippen LogP contribution in [0.25, 0.3) is 0 Å². The highest BCUT2D eigenvalue weighted by atomic mass is 16.2. The molecule has 1 aromatic carbocycles. The molecule has 3 rings (SSSR count). The summed E-state index contributed by atoms with van der Waals surface area (Å²) in [5.41, 5.74) is 3.49. The molecule has 1 fully saturated rings. The number of piperazine rings is 1. The van der Waals surface area contributed by atoms with Gasteiger partial charge in [0.15, 0.2) is 0 Å². The summed E-state index contributed by atoms with van der Waals surface area (Å²) in [6.45, 7) is 6.86. The van der Waals surface area contributed by atoms with Gasteiger partial charge in [0, 0.05) is 36.9 Å². The van der Waals surface area contributed by atoms with E-state index in [1.807, 2.05) is 17.1 Å². The summed E-state index contributed by atoms with van der Waals surface area (Å²) in [5, 5.41) is 0. The van der Waals surface area contributed by atoms with Crippen LogP contribution in [-0.2, 0) is 4.79 Å². The lowest BCUT2D eigenvalue weighted by Gasteiger charge is -2.41. The zero-order valence-electron chi connectivity index (χ0n) is 13.5. The van der Waals surface area contributed by atoms with Crippen molar-refractivity contribution in [3.8, 4) is 0 Å². The maximum absolute atomic E-state index is 12.7. The standard InChI is InChI=1S/C19H24N2O/c1-15-8-10-18(11-9-15)20-12-13-21(16(2)14-20)19(22)17-6-4-3-5-7-17/h3-4,6,8-11,16H,5,7,12-14H2,1-2H3/t16-/m1/s1. The summed E-state index contributed by atoms with van der Waals surface area (Å²) in [4.78, 5) is 17.1. The topological polar surface area (TPSA) is 23.6 Å². The minimum atomic E-state index is 0.223. The van der Waals surface area contributed by atoms with E-state index < -0.39 is 0 Å². The van der Waals surface area contributed by atoms with Crippen molar-refractivity contribution in [2.45, 2.75) is 32.7 Å². The number of nitrogens with zero attached hydrogens (tertiary/aromatic N) is 2. The fourth-order valence-corrected chi connectivity index (χ4v) is 3.21. The first-order valence-corrected chi connectivity index (χ1v) is 8.13. The Bertz CT molecular complexity index is 600. The maximum atomic E-state index is 12.7. The summed E-state index contributed by atoms with van der Waals surface area (Å²) in [5.74, 6) is 0.223. The van der Waals surface area contributed by atoms with Gasteiger partial charge in [-0.3, -0.25) is 4.79 Å². The molecule has 1 amide bonds. The normalized spacial score (nSPS) is 21.7. The van der Waals surface area contributed by atoms with Gasteiger partial charge in [-0.15, -0.1) is 0 Å². The van der Waals surface area contributed by atoms with Crippen LogP contribution in [0.3, 0.4) is 0 Å². The van der Waals surface area contributed by atoms with Crippen molar-refractivity contribution in [3.63, 3.8) is 0 Å². The second kappa shape index (κ2) is 6.39. The predicted molar refractivity (Wildman–Crippen MR) is 91.0 cm³/mol. The number of rotatable bonds is 2. The maximum Gasteiger partial charge on any atom is 0.250 e. The van der Waals surface area contributed by atoms with Gasteiger partial charge in [-0.2, -0.15) is 0 Å². The SMILES string of the molecule is Cc1ccc(N2CCN(C(=O)C3=CC=CCC3)[C@H](C)C2)cc1. The van der Waals surface area contributed by atoms with Gasteiger partial charge >= 0.3 is 0 Å². The van der Waals surface area contributed by atoms with Gasteiger partial charge in [-0.1, -0.05) is 35.9 Å². The van der Waals surface area contributed by atoms with E-state index in [2.05, 4.69) is 49.1 Å². The highest BCUT2D eigenvalue weighted by Gasteiger charge is 2.29. The number of anilines is 1. The van der Waals surface area contributed by atoms with Crippen molar-refractivity contribution < 1.29 is 4.79 Å². The molecule has 0 radical (unpaired) electrons. The quantitative estimate of drug-likeness (QED) is 0.836. The highest BCUT2D eigenvalue weighted by molar-refractivity contribution is 5.94. The number of hydrogen-bond acceptors (Lipinski definition) is 2. The van der Waals surface area contributed by atoms with E-state index in [1.165, 1.54) is 11.3 Å². The lowest BCUT2D eigenvalue weighted by Crippen LogP contribution is -2.54. The lowest BCUT2D eigenvalue weighted by atomic mass is 10.0. The van der Waals surface area contributed by atoms with Crippen molar-refractivity contribution in [2.24, 2.45) is 0 Å². The number of carbonyl (C=O) groups excluding carboxylic acids is 1. The Hall–Kier alpha value is -2.03. The van der Waals surface area contributed by atoms with Gasteiger partial charge in [0.05, 0.1) is 0 Å². The summed E-state index contributed by atoms with van der Waals surface area (Å²) in [7, 11) is 0. The van der Waals surface area contributed by atoms with Crippen molar-refractivity contribution in [1.82, 2.24) is 4.90 Å². The molecule has 22 heavy (non-hydrogen) atoms. The van der Waals surface area contributed by atoms with Crippen LogP contribution in [0.15, 0.2) is 48.1 Å². The van der Waals surface area contributed by atoms with Gasteiger partial charge in [0.2, 0.25) is 5.91 Å². The van der Waals surface area contributed by atoms with Crippen LogP contribution in [0.1, 0.15) is 25.3 Å². The van der Waals surface area contributed by atoms with Gasteiger partial charge in [-0.05, 0) is 38.8 Å². The molecule has 3 heteroatoms. The molecule has 1 heterocycles. The molecule has 1 atom stereocenters. The zero-order chi connectivity index (χ0) is 15.5. The molecular weight excluding hydrogens is 272 g/mol. The first-order valence-electron chi connectivity index (χ1n) is 8.13. The third-order valence-corrected chi connectivity index (χ3v) is 4.58. The first-order chi connectivity index (χ1) is 10.6. The number of amides is 1. The second-order valence-electron chi connectivity index (χ2n) is 6.29. The van der Waals surface area contributed by atoms with Crippen LogP contribution >= 0.6 is 0 Å². The zero-order valence-corrected chi connectivity index (χ0v) is 13.5. The van der Waals surface area contributed by atoms with E-state index in [1.54, 1.807) is 0 Å². The minimum Gasteiger partial charge on any atom is -0.368 e. The Balaban J connectivity index is 1.67. The molecule has 0 aromatic heterocycles. The van der Waals surface area contributed by atoms with Crippen molar-refractivity contribution in [2.75, 3.05) is 24.5 Å². The van der Waals surface area contributed by atoms with Crippen molar-refractivity contribution in [1.29, 1.82) is 0 Å². The summed E-state index contributed by atoms with van der Waals surface area (Å²) < 4.78 is 0. The molecule has 1 aromatic rings. The van der Waals surface area contributed by atoms with Gasteiger partial charge in [0.25, 0.3) is 0 Å². The Labute approximate surface area is 132 Å². The molecule has 2 aliphatic rings. The Morgan fingerprint density at radius 1 is 1.18 bits per heavy atom. The number of allylic oxidation sites excluding steroid dienone is 3. The molecule has 0 N–H and O–H groups in total. The van der Waals surface area contributed by atoms with E-state index in [0.29, 0.717) is 0 Å². The number of hydrogen-bond donors (Lipinski definition) is 0. The third kappa shape index (κ3) is 3.08. The summed E-state index contributed by atoms with van der Waals surface area (Å²) in [6, 6.07) is 8.89. The van der Waals surface area contributed by atoms with Crippen molar-refractivity contribution >= 4 is 11.6 Å². The Kier molecular flexibility index (Phi) is 4.32. The molecule has 0 unspecified atom stereocenters. The van der Waals surface area contributed by atoms with E-state index in [-0.39, 0.29) is 11.9 Å². The predicted octanol–water partition coefficient (Wildman–Crippen LogP) is 3.31. The molecule has 0 saturated carbocycles. The fraction of sp³-hybridized carbons (Fsp3) is 0.421. The molecule has 1 saturated heterocycles. The second-order valence-corrected chi connectivity index (χ2v) is 6.29. The van der Waals surface area contributed by atoms with Crippen LogP contribution < -0.4 is 4.90 Å². The van der Waals surface area contributed by atoms with Crippen LogP contribution in [0.4, 0.5) is 5.69 Å². The highest BCUT2D eigenvalue weighted by Crippen LogP contribution is 2.22. The molecule has 3 nitrogen and oxygen atoms in total. The van der Waals surface area contributed by atoms with Crippen LogP contribution in [-0.4, -0.2) is 36.5 Å². The average Bonchev–Trinajstić information content (AvgIpc) is 2.56. The van der Waals surface area contributed by atoms with Crippen molar-refractivity contribution in [3.05, 3.63) is 53.6 Å². The number of aryl methyl sites for hydroxylation is 1. The summed E-state index contributed by atoms with van der Waals surface area (Å²) >= 11 is 0. The van der Waals surface area contributed by atoms with Crippen LogP contribution in [0, 0.1) is 6.92 Å².